The van der Waals surface area contributed by atoms with Crippen molar-refractivity contribution in [2.24, 2.45) is 7.05 Å². The quantitative estimate of drug-likeness (QED) is 0.174. The van der Waals surface area contributed by atoms with Gasteiger partial charge < -0.3 is 4.42 Å². The second-order valence-corrected chi connectivity index (χ2v) is 13.5. The van der Waals surface area contributed by atoms with Gasteiger partial charge in [-0.05, 0) is 92.4 Å². The molecule has 8 rings (SSSR count). The van der Waals surface area contributed by atoms with Gasteiger partial charge in [0.2, 0.25) is 0 Å². The van der Waals surface area contributed by atoms with Crippen LogP contribution in [0, 0.1) is 27.5 Å². The average Bonchev–Trinajstić information content (AvgIpc) is 3.67. The van der Waals surface area contributed by atoms with Gasteiger partial charge in [-0.2, -0.15) is 4.57 Å². The lowest BCUT2D eigenvalue weighted by atomic mass is 9.88. The third-order valence-corrected chi connectivity index (χ3v) is 9.75. The minimum atomic E-state index is -2.96. The Labute approximate surface area is 300 Å². The van der Waals surface area contributed by atoms with Crippen molar-refractivity contribution in [3.63, 3.8) is 0 Å². The molecule has 0 aliphatic rings. The minimum absolute atomic E-state index is 0.00813. The van der Waals surface area contributed by atoms with Crippen LogP contribution in [-0.2, 0) is 7.05 Å². The monoisotopic (exact) mass is 652 g/mol. The van der Waals surface area contributed by atoms with Crippen molar-refractivity contribution in [2.75, 3.05) is 0 Å². The Morgan fingerprint density at radius 1 is 0.735 bits per heavy atom. The van der Waals surface area contributed by atoms with Gasteiger partial charge in [0.1, 0.15) is 16.8 Å². The molecule has 0 amide bonds. The fourth-order valence-corrected chi connectivity index (χ4v) is 7.39. The molecule has 0 unspecified atom stereocenters. The Morgan fingerprint density at radius 3 is 2.12 bits per heavy atom. The summed E-state index contributed by atoms with van der Waals surface area (Å²) >= 11 is 0. The highest BCUT2D eigenvalue weighted by Gasteiger charge is 2.34. The molecule has 5 nitrogen and oxygen atoms in total. The molecule has 0 aliphatic heterocycles. The summed E-state index contributed by atoms with van der Waals surface area (Å²) in [6.45, 7) is 2.14. The van der Waals surface area contributed by atoms with Crippen LogP contribution in [0.3, 0.4) is 0 Å². The minimum Gasteiger partial charge on any atom is -0.453 e. The molecule has 0 aliphatic carbocycles. The summed E-state index contributed by atoms with van der Waals surface area (Å²) in [7, 11) is 2.01. The van der Waals surface area contributed by atoms with Crippen LogP contribution < -0.4 is 4.57 Å². The van der Waals surface area contributed by atoms with Crippen molar-refractivity contribution >= 4 is 43.9 Å². The molecule has 8 aromatic rings. The normalized spacial score (nSPS) is 15.6. The van der Waals surface area contributed by atoms with Crippen molar-refractivity contribution in [2.45, 2.75) is 67.0 Å². The van der Waals surface area contributed by atoms with E-state index < -0.39 is 37.6 Å². The molecule has 0 radical (unpaired) electrons. The van der Waals surface area contributed by atoms with Gasteiger partial charge in [-0.15, -0.1) is 0 Å². The lowest BCUT2D eigenvalue weighted by Crippen LogP contribution is -2.30. The van der Waals surface area contributed by atoms with Crippen LogP contribution in [0.5, 0.6) is 0 Å². The van der Waals surface area contributed by atoms with Crippen molar-refractivity contribution in [1.82, 2.24) is 14.5 Å². The first-order valence-electron chi connectivity index (χ1n) is 21.1. The third-order valence-electron chi connectivity index (χ3n) is 9.75. The third kappa shape index (κ3) is 4.70. The Bertz CT molecular complexity index is 2910. The van der Waals surface area contributed by atoms with Gasteiger partial charge in [0, 0.05) is 56.7 Å². The van der Waals surface area contributed by atoms with Crippen LogP contribution >= 0.6 is 0 Å². The molecule has 0 N–H and O–H groups in total. The number of benzene rings is 4. The fraction of sp³-hybridized carbons (Fsp3) is 0.250. The summed E-state index contributed by atoms with van der Waals surface area (Å²) in [5, 5.41) is 0.239. The molecule has 0 saturated carbocycles. The zero-order valence-electron chi connectivity index (χ0n) is 37.4. The number of furan rings is 1. The van der Waals surface area contributed by atoms with Crippen LogP contribution in [0.15, 0.2) is 89.3 Å². The van der Waals surface area contributed by atoms with E-state index in [1.54, 1.807) is 0 Å². The number of imidazole rings is 1. The number of aryl methyl sites for hydroxylation is 5. The van der Waals surface area contributed by atoms with Gasteiger partial charge in [-0.1, -0.05) is 76.2 Å². The molecule has 0 spiro atoms. The van der Waals surface area contributed by atoms with E-state index in [2.05, 4.69) is 83.2 Å². The molecule has 4 aromatic carbocycles. The lowest BCUT2D eigenvalue weighted by Gasteiger charge is -2.21. The number of nitrogens with zero attached hydrogens (tertiary/aromatic N) is 4. The largest absolute Gasteiger partial charge is 0.453 e. The standard InChI is InChI=1S/C44H43N4O/c1-24(2)33-22-31(30-15-11-10-12-16-30)23-34(25(3)4)41(33)48-37-18-14-13-17-36(37)47(9)44(48)38-26(5)19-20-32-40-43(49-42(32)38)35-21-27(6)45-28(7)39(35)29(8)46-40/h10-25H,1-9H3/q+1/i6D3,7D3,8D3. The van der Waals surface area contributed by atoms with Crippen molar-refractivity contribution in [3.05, 3.63) is 119 Å². The van der Waals surface area contributed by atoms with Crippen LogP contribution in [0.1, 0.15) is 85.6 Å². The summed E-state index contributed by atoms with van der Waals surface area (Å²) in [6, 6.07) is 28.1. The summed E-state index contributed by atoms with van der Waals surface area (Å²) in [6.07, 6.45) is 0. The smallest absolute Gasteiger partial charge is 0.299 e. The topological polar surface area (TPSA) is 47.7 Å². The molecule has 5 heteroatoms. The molecule has 0 fully saturated rings. The zero-order chi connectivity index (χ0) is 41.8. The second kappa shape index (κ2) is 11.4. The van der Waals surface area contributed by atoms with E-state index in [1.807, 2.05) is 56.4 Å². The maximum absolute atomic E-state index is 8.48. The molecule has 4 aromatic heterocycles. The summed E-state index contributed by atoms with van der Waals surface area (Å²) in [5.74, 6) is 1.05. The Morgan fingerprint density at radius 2 is 1.43 bits per heavy atom. The molecular formula is C44H43N4O+. The highest BCUT2D eigenvalue weighted by atomic mass is 16.3. The van der Waals surface area contributed by atoms with Crippen molar-refractivity contribution in [3.8, 4) is 28.2 Å². The van der Waals surface area contributed by atoms with Crippen LogP contribution in [0.25, 0.3) is 72.1 Å². The van der Waals surface area contributed by atoms with E-state index in [-0.39, 0.29) is 33.7 Å². The average molecular weight is 653 g/mol. The predicted octanol–water partition coefficient (Wildman–Crippen LogP) is 11.1. The summed E-state index contributed by atoms with van der Waals surface area (Å²) < 4.78 is 86.2. The number of pyridine rings is 2. The first-order chi connectivity index (χ1) is 27.2. The van der Waals surface area contributed by atoms with Gasteiger partial charge in [0.15, 0.2) is 22.2 Å². The highest BCUT2D eigenvalue weighted by Crippen LogP contribution is 2.44. The Balaban J connectivity index is 1.56. The Kier molecular flexibility index (Phi) is 5.21. The van der Waals surface area contributed by atoms with Crippen LogP contribution in [0.4, 0.5) is 0 Å². The summed E-state index contributed by atoms with van der Waals surface area (Å²) in [4.78, 5) is 8.70. The van der Waals surface area contributed by atoms with E-state index in [1.165, 1.54) is 6.07 Å². The molecule has 244 valence electrons. The fourth-order valence-electron chi connectivity index (χ4n) is 7.39. The van der Waals surface area contributed by atoms with Crippen LogP contribution in [0.2, 0.25) is 0 Å². The van der Waals surface area contributed by atoms with E-state index in [9.17, 15) is 0 Å². The SMILES string of the molecule is [2H]C([2H])([2H])c1cc2c(c(C([2H])([2H])[2H])n1)c(C([2H])([2H])[2H])nc1c3ccc(C)c(-c4n(-c5c(C(C)C)cc(-c6ccccc6)cc5C(C)C)c5ccccc5[n+]4C)c3oc21. The number of fused-ring (bicyclic) bond motifs is 6. The maximum atomic E-state index is 8.48. The van der Waals surface area contributed by atoms with E-state index in [4.69, 9.17) is 16.8 Å². The van der Waals surface area contributed by atoms with Gasteiger partial charge in [0.05, 0.1) is 7.05 Å². The number of rotatable bonds is 5. The van der Waals surface area contributed by atoms with E-state index in [0.29, 0.717) is 11.0 Å². The molecule has 49 heavy (non-hydrogen) atoms. The Hall–Kier alpha value is -5.29. The molecule has 0 bridgehead atoms. The number of aromatic nitrogens is 4. The van der Waals surface area contributed by atoms with E-state index in [0.717, 1.165) is 55.9 Å². The first kappa shape index (κ1) is 22.4. The highest BCUT2D eigenvalue weighted by molar-refractivity contribution is 6.16. The number of para-hydroxylation sites is 2. The van der Waals surface area contributed by atoms with E-state index >= 15 is 0 Å². The second-order valence-electron chi connectivity index (χ2n) is 13.5. The number of hydrogen-bond acceptors (Lipinski definition) is 3. The van der Waals surface area contributed by atoms with Gasteiger partial charge in [0.25, 0.3) is 5.82 Å². The molecular weight excluding hydrogens is 601 g/mol. The molecule has 0 saturated heterocycles. The lowest BCUT2D eigenvalue weighted by molar-refractivity contribution is -0.633. The zero-order valence-corrected chi connectivity index (χ0v) is 28.4. The van der Waals surface area contributed by atoms with Gasteiger partial charge >= 0.3 is 0 Å². The van der Waals surface area contributed by atoms with Gasteiger partial charge in [-0.3, -0.25) is 4.98 Å². The molecule has 4 heterocycles. The number of hydrogen-bond donors (Lipinski definition) is 0. The van der Waals surface area contributed by atoms with Crippen molar-refractivity contribution < 1.29 is 21.3 Å². The predicted molar refractivity (Wildman–Crippen MR) is 203 cm³/mol. The molecule has 0 atom stereocenters. The van der Waals surface area contributed by atoms with Gasteiger partial charge in [-0.25, -0.2) is 9.55 Å². The first-order valence-corrected chi connectivity index (χ1v) is 16.6. The van der Waals surface area contributed by atoms with Crippen molar-refractivity contribution in [1.29, 1.82) is 0 Å². The van der Waals surface area contributed by atoms with Crippen LogP contribution in [-0.4, -0.2) is 14.5 Å². The maximum Gasteiger partial charge on any atom is 0.299 e. The summed E-state index contributed by atoms with van der Waals surface area (Å²) in [5.41, 5.74) is 8.13.